The minimum absolute atomic E-state index is 0.182. The van der Waals surface area contributed by atoms with Crippen LogP contribution in [0.1, 0.15) is 31.7 Å². The Morgan fingerprint density at radius 3 is 2.35 bits per heavy atom. The third-order valence-electron chi connectivity index (χ3n) is 2.88. The first-order chi connectivity index (χ1) is 8.17. The fourth-order valence-corrected chi connectivity index (χ4v) is 1.61. The van der Waals surface area contributed by atoms with E-state index in [1.807, 2.05) is 19.2 Å². The molecular weight excluding hydrogens is 214 g/mol. The lowest BCUT2D eigenvalue weighted by molar-refractivity contribution is 0.219. The molecule has 0 aliphatic heterocycles. The fourth-order valence-electron chi connectivity index (χ4n) is 1.61. The first-order valence-corrected chi connectivity index (χ1v) is 6.18. The zero-order valence-corrected chi connectivity index (χ0v) is 10.9. The van der Waals surface area contributed by atoms with Crippen LogP contribution in [0.3, 0.4) is 0 Å². The van der Waals surface area contributed by atoms with Crippen molar-refractivity contribution in [3.8, 4) is 5.75 Å². The van der Waals surface area contributed by atoms with Crippen LogP contribution in [-0.4, -0.2) is 31.4 Å². The van der Waals surface area contributed by atoms with Gasteiger partial charge in [0, 0.05) is 12.6 Å². The van der Waals surface area contributed by atoms with E-state index >= 15 is 0 Å². The number of likely N-dealkylation sites (N-methyl/N-ethyl adjacent to an activating group) is 1. The summed E-state index contributed by atoms with van der Waals surface area (Å²) in [6, 6.07) is 8.40. The molecule has 3 heteroatoms. The number of ether oxygens (including phenoxy) is 1. The molecule has 0 heterocycles. The highest BCUT2D eigenvalue weighted by molar-refractivity contribution is 5.28. The molecule has 0 aliphatic carbocycles. The standard InChI is InChI=1S/C14H23NO2/c1-11(2)12-4-6-14(7-5-12)17-10-13(15-3)8-9-16/h4-7,11,13,15-16H,8-10H2,1-3H3. The molecule has 0 saturated carbocycles. The normalized spacial score (nSPS) is 12.8. The van der Waals surface area contributed by atoms with Gasteiger partial charge in [-0.1, -0.05) is 26.0 Å². The molecule has 3 nitrogen and oxygen atoms in total. The van der Waals surface area contributed by atoms with Crippen molar-refractivity contribution in [1.82, 2.24) is 5.32 Å². The molecule has 1 atom stereocenters. The Morgan fingerprint density at radius 2 is 1.88 bits per heavy atom. The maximum atomic E-state index is 8.87. The molecule has 0 aliphatic rings. The Balaban J connectivity index is 2.46. The molecule has 1 aromatic rings. The van der Waals surface area contributed by atoms with E-state index in [0.29, 0.717) is 18.9 Å². The number of rotatable bonds is 7. The number of hydrogen-bond donors (Lipinski definition) is 2. The van der Waals surface area contributed by atoms with Crippen molar-refractivity contribution in [2.24, 2.45) is 0 Å². The van der Waals surface area contributed by atoms with Crippen LogP contribution >= 0.6 is 0 Å². The van der Waals surface area contributed by atoms with E-state index in [1.54, 1.807) is 0 Å². The molecule has 0 bridgehead atoms. The van der Waals surface area contributed by atoms with Crippen LogP contribution in [0.5, 0.6) is 5.75 Å². The highest BCUT2D eigenvalue weighted by Crippen LogP contribution is 2.18. The monoisotopic (exact) mass is 237 g/mol. The summed E-state index contributed by atoms with van der Waals surface area (Å²) in [5, 5.41) is 12.0. The van der Waals surface area contributed by atoms with Gasteiger partial charge in [-0.2, -0.15) is 0 Å². The summed E-state index contributed by atoms with van der Waals surface area (Å²) in [5.41, 5.74) is 1.32. The summed E-state index contributed by atoms with van der Waals surface area (Å²) in [6.07, 6.45) is 0.709. The van der Waals surface area contributed by atoms with Crippen molar-refractivity contribution in [3.63, 3.8) is 0 Å². The molecule has 0 spiro atoms. The summed E-state index contributed by atoms with van der Waals surface area (Å²) in [7, 11) is 1.88. The van der Waals surface area contributed by atoms with Gasteiger partial charge in [-0.15, -0.1) is 0 Å². The van der Waals surface area contributed by atoms with Gasteiger partial charge in [0.15, 0.2) is 0 Å². The van der Waals surface area contributed by atoms with Gasteiger partial charge in [-0.05, 0) is 37.1 Å². The van der Waals surface area contributed by atoms with Gasteiger partial charge in [0.05, 0.1) is 0 Å². The molecule has 0 amide bonds. The summed E-state index contributed by atoms with van der Waals surface area (Å²) < 4.78 is 5.67. The lowest BCUT2D eigenvalue weighted by Crippen LogP contribution is -2.32. The molecule has 0 radical (unpaired) electrons. The van der Waals surface area contributed by atoms with Crippen LogP contribution in [0.25, 0.3) is 0 Å². The second-order valence-corrected chi connectivity index (χ2v) is 4.53. The summed E-state index contributed by atoms with van der Waals surface area (Å²) in [4.78, 5) is 0. The van der Waals surface area contributed by atoms with Gasteiger partial charge in [0.1, 0.15) is 12.4 Å². The highest BCUT2D eigenvalue weighted by atomic mass is 16.5. The van der Waals surface area contributed by atoms with Crippen molar-refractivity contribution in [2.75, 3.05) is 20.3 Å². The third-order valence-corrected chi connectivity index (χ3v) is 2.88. The maximum absolute atomic E-state index is 8.87. The van der Waals surface area contributed by atoms with Gasteiger partial charge in [-0.3, -0.25) is 0 Å². The van der Waals surface area contributed by atoms with Crippen LogP contribution < -0.4 is 10.1 Å². The van der Waals surface area contributed by atoms with Gasteiger partial charge in [-0.25, -0.2) is 0 Å². The van der Waals surface area contributed by atoms with Crippen molar-refractivity contribution < 1.29 is 9.84 Å². The molecule has 0 fully saturated rings. The van der Waals surface area contributed by atoms with E-state index in [2.05, 4.69) is 31.3 Å². The van der Waals surface area contributed by atoms with Gasteiger partial charge < -0.3 is 15.2 Å². The predicted molar refractivity (Wildman–Crippen MR) is 70.6 cm³/mol. The Kier molecular flexibility index (Phi) is 6.01. The Hall–Kier alpha value is -1.06. The average Bonchev–Trinajstić information content (AvgIpc) is 2.35. The van der Waals surface area contributed by atoms with Crippen LogP contribution in [0.15, 0.2) is 24.3 Å². The number of aliphatic hydroxyl groups excluding tert-OH is 1. The van der Waals surface area contributed by atoms with E-state index < -0.39 is 0 Å². The smallest absolute Gasteiger partial charge is 0.119 e. The van der Waals surface area contributed by atoms with Crippen molar-refractivity contribution in [3.05, 3.63) is 29.8 Å². The summed E-state index contributed by atoms with van der Waals surface area (Å²) in [6.45, 7) is 5.11. The largest absolute Gasteiger partial charge is 0.492 e. The third kappa shape index (κ3) is 4.75. The van der Waals surface area contributed by atoms with Crippen LogP contribution in [0.2, 0.25) is 0 Å². The SMILES string of the molecule is CNC(CCO)COc1ccc(C(C)C)cc1. The van der Waals surface area contributed by atoms with Gasteiger partial charge in [0.25, 0.3) is 0 Å². The Labute approximate surface area is 104 Å². The number of benzene rings is 1. The average molecular weight is 237 g/mol. The van der Waals surface area contributed by atoms with Crippen molar-refractivity contribution >= 4 is 0 Å². The van der Waals surface area contributed by atoms with Gasteiger partial charge >= 0.3 is 0 Å². The second-order valence-electron chi connectivity index (χ2n) is 4.53. The van der Waals surface area contributed by atoms with E-state index in [0.717, 1.165) is 5.75 Å². The molecule has 0 saturated heterocycles. The predicted octanol–water partition coefficient (Wildman–Crippen LogP) is 2.16. The zero-order valence-electron chi connectivity index (χ0n) is 10.9. The van der Waals surface area contributed by atoms with E-state index in [4.69, 9.17) is 9.84 Å². The topological polar surface area (TPSA) is 41.5 Å². The maximum Gasteiger partial charge on any atom is 0.119 e. The molecule has 1 unspecified atom stereocenters. The zero-order chi connectivity index (χ0) is 12.7. The Morgan fingerprint density at radius 1 is 1.24 bits per heavy atom. The molecule has 0 aromatic heterocycles. The number of nitrogens with one attached hydrogen (secondary N) is 1. The molecule has 1 aromatic carbocycles. The molecule has 2 N–H and O–H groups in total. The van der Waals surface area contributed by atoms with Crippen LogP contribution in [0, 0.1) is 0 Å². The first kappa shape index (κ1) is 14.0. The fraction of sp³-hybridized carbons (Fsp3) is 0.571. The van der Waals surface area contributed by atoms with Gasteiger partial charge in [0.2, 0.25) is 0 Å². The van der Waals surface area contributed by atoms with E-state index in [9.17, 15) is 0 Å². The number of hydrogen-bond acceptors (Lipinski definition) is 3. The second kappa shape index (κ2) is 7.30. The van der Waals surface area contributed by atoms with E-state index in [1.165, 1.54) is 5.56 Å². The summed E-state index contributed by atoms with van der Waals surface area (Å²) >= 11 is 0. The van der Waals surface area contributed by atoms with Crippen LogP contribution in [0.4, 0.5) is 0 Å². The molecule has 1 rings (SSSR count). The lowest BCUT2D eigenvalue weighted by Gasteiger charge is -2.16. The minimum Gasteiger partial charge on any atom is -0.492 e. The van der Waals surface area contributed by atoms with Crippen LogP contribution in [-0.2, 0) is 0 Å². The first-order valence-electron chi connectivity index (χ1n) is 6.18. The van der Waals surface area contributed by atoms with Crippen molar-refractivity contribution in [1.29, 1.82) is 0 Å². The van der Waals surface area contributed by atoms with Crippen molar-refractivity contribution in [2.45, 2.75) is 32.2 Å². The summed E-state index contributed by atoms with van der Waals surface area (Å²) in [5.74, 6) is 1.43. The molecular formula is C14H23NO2. The highest BCUT2D eigenvalue weighted by Gasteiger charge is 2.06. The minimum atomic E-state index is 0.182. The molecule has 96 valence electrons. The van der Waals surface area contributed by atoms with E-state index in [-0.39, 0.29) is 12.6 Å². The Bertz CT molecular complexity index is 309. The quantitative estimate of drug-likeness (QED) is 0.763. The molecule has 17 heavy (non-hydrogen) atoms. The number of aliphatic hydroxyl groups is 1. The lowest BCUT2D eigenvalue weighted by atomic mass is 10.0.